The average Bonchev–Trinajstić information content (AvgIpc) is 2.82. The zero-order chi connectivity index (χ0) is 26.9. The van der Waals surface area contributed by atoms with Gasteiger partial charge in [-0.2, -0.15) is 0 Å². The van der Waals surface area contributed by atoms with Crippen LogP contribution in [0.5, 0.6) is 5.75 Å². The van der Waals surface area contributed by atoms with E-state index in [0.29, 0.717) is 34.5 Å². The lowest BCUT2D eigenvalue weighted by Crippen LogP contribution is -2.51. The minimum atomic E-state index is -3.89. The second kappa shape index (κ2) is 13.7. The van der Waals surface area contributed by atoms with Crippen molar-refractivity contribution >= 4 is 50.7 Å². The van der Waals surface area contributed by atoms with Crippen molar-refractivity contribution in [2.24, 2.45) is 0 Å². The van der Waals surface area contributed by atoms with Crippen molar-refractivity contribution in [2.75, 3.05) is 30.3 Å². The summed E-state index contributed by atoms with van der Waals surface area (Å²) in [4.78, 5) is 27.8. The van der Waals surface area contributed by atoms with Crippen molar-refractivity contribution in [3.05, 3.63) is 58.1 Å². The Morgan fingerprint density at radius 3 is 2.28 bits per heavy atom. The highest BCUT2D eigenvalue weighted by molar-refractivity contribution is 7.92. The van der Waals surface area contributed by atoms with E-state index in [2.05, 4.69) is 5.32 Å². The molecule has 0 saturated heterocycles. The third-order valence-electron chi connectivity index (χ3n) is 5.50. The Labute approximate surface area is 223 Å². The summed E-state index contributed by atoms with van der Waals surface area (Å²) < 4.78 is 32.1. The Morgan fingerprint density at radius 1 is 1.06 bits per heavy atom. The fraction of sp³-hybridized carbons (Fsp3) is 0.440. The Kier molecular flexibility index (Phi) is 11.3. The lowest BCUT2D eigenvalue weighted by Gasteiger charge is -2.32. The van der Waals surface area contributed by atoms with Crippen LogP contribution in [0.3, 0.4) is 0 Å². The molecule has 8 nitrogen and oxygen atoms in total. The zero-order valence-corrected chi connectivity index (χ0v) is 23.3. The summed E-state index contributed by atoms with van der Waals surface area (Å²) in [6.45, 7) is 5.52. The number of nitrogens with one attached hydrogen (secondary N) is 1. The molecule has 11 heteroatoms. The van der Waals surface area contributed by atoms with Gasteiger partial charge in [-0.15, -0.1) is 0 Å². The number of ether oxygens (including phenoxy) is 1. The number of anilines is 1. The molecular weight excluding hydrogens is 525 g/mol. The van der Waals surface area contributed by atoms with E-state index < -0.39 is 28.5 Å². The van der Waals surface area contributed by atoms with Crippen molar-refractivity contribution in [1.29, 1.82) is 0 Å². The van der Waals surface area contributed by atoms with Gasteiger partial charge in [0.25, 0.3) is 0 Å². The van der Waals surface area contributed by atoms with Gasteiger partial charge in [-0.05, 0) is 44.5 Å². The number of benzene rings is 2. The van der Waals surface area contributed by atoms with E-state index in [0.717, 1.165) is 23.4 Å². The molecule has 36 heavy (non-hydrogen) atoms. The summed E-state index contributed by atoms with van der Waals surface area (Å²) in [5, 5.41) is 3.49. The monoisotopic (exact) mass is 557 g/mol. The van der Waals surface area contributed by atoms with Crippen LogP contribution >= 0.6 is 23.2 Å². The molecule has 0 aliphatic rings. The minimum Gasteiger partial charge on any atom is -0.492 e. The summed E-state index contributed by atoms with van der Waals surface area (Å²) in [7, 11) is -3.89. The maximum absolute atomic E-state index is 13.7. The first-order valence-electron chi connectivity index (χ1n) is 11.7. The number of sulfonamides is 1. The van der Waals surface area contributed by atoms with Crippen LogP contribution in [-0.4, -0.2) is 57.1 Å². The van der Waals surface area contributed by atoms with E-state index in [1.54, 1.807) is 56.3 Å². The van der Waals surface area contributed by atoms with Crippen LogP contribution in [0.4, 0.5) is 5.69 Å². The summed E-state index contributed by atoms with van der Waals surface area (Å²) in [5.74, 6) is -0.634. The minimum absolute atomic E-state index is 0.0790. The number of carbonyl (C=O) groups excluding carboxylic acids is 2. The molecule has 0 heterocycles. The molecule has 0 fully saturated rings. The highest BCUT2D eigenvalue weighted by Gasteiger charge is 2.31. The maximum Gasteiger partial charge on any atom is 0.244 e. The van der Waals surface area contributed by atoms with Gasteiger partial charge in [-0.3, -0.25) is 13.9 Å². The molecule has 0 aliphatic heterocycles. The number of nitrogens with zero attached hydrogens (tertiary/aromatic N) is 2. The SMILES string of the molecule is CCCCNC(=O)C(C)N(Cc1c(Cl)cccc1Cl)C(=O)CN(c1ccccc1OCC)S(C)(=O)=O. The van der Waals surface area contributed by atoms with Gasteiger partial charge in [0.1, 0.15) is 18.3 Å². The van der Waals surface area contributed by atoms with Crippen LogP contribution in [0.15, 0.2) is 42.5 Å². The highest BCUT2D eigenvalue weighted by atomic mass is 35.5. The van der Waals surface area contributed by atoms with Crippen LogP contribution in [0, 0.1) is 0 Å². The van der Waals surface area contributed by atoms with E-state index in [9.17, 15) is 18.0 Å². The van der Waals surface area contributed by atoms with Crippen LogP contribution in [-0.2, 0) is 26.2 Å². The van der Waals surface area contributed by atoms with E-state index >= 15 is 0 Å². The van der Waals surface area contributed by atoms with Gasteiger partial charge in [-0.1, -0.05) is 54.7 Å². The molecule has 0 spiro atoms. The quantitative estimate of drug-likeness (QED) is 0.366. The van der Waals surface area contributed by atoms with Crippen molar-refractivity contribution in [3.8, 4) is 5.75 Å². The molecule has 0 saturated carbocycles. The number of amides is 2. The summed E-state index contributed by atoms with van der Waals surface area (Å²) in [6, 6.07) is 10.6. The van der Waals surface area contributed by atoms with Crippen molar-refractivity contribution < 1.29 is 22.7 Å². The molecule has 1 unspecified atom stereocenters. The van der Waals surface area contributed by atoms with Crippen molar-refractivity contribution in [1.82, 2.24) is 10.2 Å². The molecule has 0 bridgehead atoms. The first-order chi connectivity index (χ1) is 17.0. The first-order valence-corrected chi connectivity index (χ1v) is 14.3. The van der Waals surface area contributed by atoms with E-state index in [1.807, 2.05) is 6.92 Å². The molecule has 0 radical (unpaired) electrons. The zero-order valence-electron chi connectivity index (χ0n) is 21.0. The molecular formula is C25H33Cl2N3O5S. The number of para-hydroxylation sites is 2. The molecule has 2 amide bonds. The highest BCUT2D eigenvalue weighted by Crippen LogP contribution is 2.31. The number of hydrogen-bond acceptors (Lipinski definition) is 5. The molecule has 0 aliphatic carbocycles. The predicted molar refractivity (Wildman–Crippen MR) is 144 cm³/mol. The standard InChI is InChI=1S/C25H33Cl2N3O5S/c1-5-7-15-28-25(32)18(3)29(16-19-20(26)11-10-12-21(19)27)24(31)17-30(36(4,33)34)22-13-8-9-14-23(22)35-6-2/h8-14,18H,5-7,15-17H2,1-4H3,(H,28,32). The molecule has 2 rings (SSSR count). The van der Waals surface area contributed by atoms with Gasteiger partial charge in [0.05, 0.1) is 18.6 Å². The predicted octanol–water partition coefficient (Wildman–Crippen LogP) is 4.49. The van der Waals surface area contributed by atoms with Gasteiger partial charge in [-0.25, -0.2) is 8.42 Å². The largest absolute Gasteiger partial charge is 0.492 e. The summed E-state index contributed by atoms with van der Waals surface area (Å²) >= 11 is 12.7. The Hall–Kier alpha value is -2.49. The normalized spacial score (nSPS) is 12.1. The number of hydrogen-bond donors (Lipinski definition) is 1. The van der Waals surface area contributed by atoms with Gasteiger partial charge < -0.3 is 15.0 Å². The third kappa shape index (κ3) is 8.01. The average molecular weight is 559 g/mol. The van der Waals surface area contributed by atoms with Crippen LogP contribution < -0.4 is 14.4 Å². The summed E-state index contributed by atoms with van der Waals surface area (Å²) in [5.41, 5.74) is 0.689. The fourth-order valence-electron chi connectivity index (χ4n) is 3.51. The molecule has 2 aromatic rings. The van der Waals surface area contributed by atoms with Crippen LogP contribution in [0.25, 0.3) is 0 Å². The Morgan fingerprint density at radius 2 is 1.69 bits per heavy atom. The van der Waals surface area contributed by atoms with Crippen LogP contribution in [0.1, 0.15) is 39.2 Å². The lowest BCUT2D eigenvalue weighted by atomic mass is 10.1. The van der Waals surface area contributed by atoms with E-state index in [4.69, 9.17) is 27.9 Å². The van der Waals surface area contributed by atoms with Gasteiger partial charge >= 0.3 is 0 Å². The maximum atomic E-state index is 13.7. The van der Waals surface area contributed by atoms with E-state index in [-0.39, 0.29) is 18.1 Å². The molecule has 2 aromatic carbocycles. The third-order valence-corrected chi connectivity index (χ3v) is 7.33. The number of carbonyl (C=O) groups is 2. The van der Waals surface area contributed by atoms with Gasteiger partial charge in [0.15, 0.2) is 0 Å². The Bertz CT molecular complexity index is 1140. The molecule has 1 atom stereocenters. The van der Waals surface area contributed by atoms with Crippen LogP contribution in [0.2, 0.25) is 10.0 Å². The fourth-order valence-corrected chi connectivity index (χ4v) is 4.88. The number of rotatable bonds is 13. The number of halogens is 2. The molecule has 198 valence electrons. The smallest absolute Gasteiger partial charge is 0.244 e. The molecule has 1 N–H and O–H groups in total. The number of unbranched alkanes of at least 4 members (excludes halogenated alkanes) is 1. The second-order valence-corrected chi connectivity index (χ2v) is 10.9. The summed E-state index contributed by atoms with van der Waals surface area (Å²) in [6.07, 6.45) is 2.70. The van der Waals surface area contributed by atoms with Crippen molar-refractivity contribution in [2.45, 2.75) is 46.2 Å². The lowest BCUT2D eigenvalue weighted by molar-refractivity contribution is -0.139. The van der Waals surface area contributed by atoms with Gasteiger partial charge in [0, 0.05) is 28.7 Å². The van der Waals surface area contributed by atoms with Gasteiger partial charge in [0.2, 0.25) is 21.8 Å². The van der Waals surface area contributed by atoms with Crippen molar-refractivity contribution in [3.63, 3.8) is 0 Å². The first kappa shape index (κ1) is 29.7. The second-order valence-electron chi connectivity index (χ2n) is 8.21. The topological polar surface area (TPSA) is 96.0 Å². The van der Waals surface area contributed by atoms with E-state index in [1.165, 1.54) is 4.90 Å². The Balaban J connectivity index is 2.45. The molecule has 0 aromatic heterocycles.